The molecule has 2 aliphatic heterocycles. The van der Waals surface area contributed by atoms with Crippen molar-refractivity contribution in [2.75, 3.05) is 7.05 Å². The second-order valence-electron chi connectivity index (χ2n) is 9.60. The van der Waals surface area contributed by atoms with Crippen LogP contribution in [0.1, 0.15) is 55.4 Å². The highest BCUT2D eigenvalue weighted by Crippen LogP contribution is 2.42. The molecule has 2 heterocycles. The van der Waals surface area contributed by atoms with Crippen LogP contribution in [0.3, 0.4) is 0 Å². The van der Waals surface area contributed by atoms with Crippen LogP contribution in [0.4, 0.5) is 0 Å². The molecule has 1 aliphatic carbocycles. The number of allylic oxidation sites excluding steroid dienone is 2. The van der Waals surface area contributed by atoms with E-state index in [-0.39, 0.29) is 6.04 Å². The van der Waals surface area contributed by atoms with Crippen molar-refractivity contribution in [3.63, 3.8) is 0 Å². The van der Waals surface area contributed by atoms with E-state index in [1.165, 1.54) is 0 Å². The topological polar surface area (TPSA) is 72.8 Å². The second kappa shape index (κ2) is 6.29. The summed E-state index contributed by atoms with van der Waals surface area (Å²) < 4.78 is 24.7. The summed E-state index contributed by atoms with van der Waals surface area (Å²) in [5.41, 5.74) is 0.314. The zero-order chi connectivity index (χ0) is 20.4. The van der Waals surface area contributed by atoms with Crippen LogP contribution < -0.4 is 5.32 Å². The lowest BCUT2D eigenvalue weighted by atomic mass is 9.63. The van der Waals surface area contributed by atoms with Gasteiger partial charge in [-0.3, -0.25) is 0 Å². The van der Waals surface area contributed by atoms with Crippen molar-refractivity contribution in [1.82, 2.24) is 5.32 Å². The van der Waals surface area contributed by atoms with E-state index in [1.54, 1.807) is 0 Å². The van der Waals surface area contributed by atoms with Crippen LogP contribution in [0, 0.1) is 5.41 Å². The van der Waals surface area contributed by atoms with Gasteiger partial charge in [0, 0.05) is 5.47 Å². The third-order valence-corrected chi connectivity index (χ3v) is 6.71. The van der Waals surface area contributed by atoms with Gasteiger partial charge < -0.3 is 29.3 Å². The molecule has 1 unspecified atom stereocenters. The third kappa shape index (κ3) is 3.25. The van der Waals surface area contributed by atoms with Crippen molar-refractivity contribution in [2.45, 2.75) is 83.8 Å². The van der Waals surface area contributed by atoms with Crippen molar-refractivity contribution >= 4 is 19.9 Å². The molecular weight excluding hydrogens is 342 g/mol. The maximum absolute atomic E-state index is 8.78. The van der Waals surface area contributed by atoms with Gasteiger partial charge in [0.2, 0.25) is 0 Å². The summed E-state index contributed by atoms with van der Waals surface area (Å²) in [6, 6.07) is -0.321. The van der Waals surface area contributed by atoms with Gasteiger partial charge in [-0.1, -0.05) is 12.2 Å². The Kier molecular flexibility index (Phi) is 4.85. The molecule has 2 saturated heterocycles. The Bertz CT molecular complexity index is 680. The SMILES string of the molecule is CNC1C(=N)C(B2OC(C)(C)C(C)(C)O2)=CC=C1B1OC(C)(C)C(C)(C)O1. The van der Waals surface area contributed by atoms with Gasteiger partial charge >= 0.3 is 14.2 Å². The zero-order valence-electron chi connectivity index (χ0n) is 18.0. The van der Waals surface area contributed by atoms with E-state index >= 15 is 0 Å². The van der Waals surface area contributed by atoms with Gasteiger partial charge in [0.25, 0.3) is 0 Å². The van der Waals surface area contributed by atoms with Crippen molar-refractivity contribution in [3.05, 3.63) is 23.1 Å². The average Bonchev–Trinajstić information content (AvgIpc) is 2.86. The number of hydrogen-bond acceptors (Lipinski definition) is 6. The molecule has 3 rings (SSSR count). The van der Waals surface area contributed by atoms with Gasteiger partial charge in [-0.2, -0.15) is 0 Å². The first-order valence-corrected chi connectivity index (χ1v) is 9.61. The van der Waals surface area contributed by atoms with Gasteiger partial charge in [0.05, 0.1) is 34.2 Å². The highest BCUT2D eigenvalue weighted by molar-refractivity contribution is 6.64. The molecule has 6 nitrogen and oxygen atoms in total. The van der Waals surface area contributed by atoms with Gasteiger partial charge in [0.1, 0.15) is 0 Å². The summed E-state index contributed by atoms with van der Waals surface area (Å²) in [7, 11) is 0.782. The normalized spacial score (nSPS) is 31.1. The summed E-state index contributed by atoms with van der Waals surface area (Å²) in [6.07, 6.45) is 3.88. The van der Waals surface area contributed by atoms with Crippen LogP contribution in [0.2, 0.25) is 0 Å². The van der Waals surface area contributed by atoms with Crippen LogP contribution in [-0.4, -0.2) is 55.4 Å². The molecule has 0 saturated carbocycles. The molecule has 2 fully saturated rings. The highest BCUT2D eigenvalue weighted by Gasteiger charge is 2.56. The average molecular weight is 374 g/mol. The third-order valence-electron chi connectivity index (χ3n) is 6.71. The number of hydrogen-bond donors (Lipinski definition) is 2. The van der Waals surface area contributed by atoms with Crippen molar-refractivity contribution in [2.24, 2.45) is 0 Å². The van der Waals surface area contributed by atoms with E-state index in [0.29, 0.717) is 5.71 Å². The van der Waals surface area contributed by atoms with Crippen LogP contribution in [0.25, 0.3) is 0 Å². The molecule has 8 heteroatoms. The lowest BCUT2D eigenvalue weighted by Crippen LogP contribution is -2.47. The van der Waals surface area contributed by atoms with E-state index in [1.807, 2.05) is 74.6 Å². The van der Waals surface area contributed by atoms with Crippen molar-refractivity contribution in [3.8, 4) is 0 Å². The van der Waals surface area contributed by atoms with Crippen molar-refractivity contribution < 1.29 is 18.6 Å². The molecule has 0 bridgehead atoms. The minimum absolute atomic E-state index is 0.321. The number of likely N-dealkylation sites (N-methyl/N-ethyl adjacent to an activating group) is 1. The first-order chi connectivity index (χ1) is 12.2. The van der Waals surface area contributed by atoms with Crippen LogP contribution in [0.15, 0.2) is 23.1 Å². The largest absolute Gasteiger partial charge is 0.496 e. The first-order valence-electron chi connectivity index (χ1n) is 9.61. The fraction of sp³-hybridized carbons (Fsp3) is 0.737. The molecule has 27 heavy (non-hydrogen) atoms. The summed E-state index contributed by atoms with van der Waals surface area (Å²) in [5, 5.41) is 12.0. The van der Waals surface area contributed by atoms with Crippen LogP contribution >= 0.6 is 0 Å². The van der Waals surface area contributed by atoms with E-state index in [9.17, 15) is 0 Å². The molecule has 0 aromatic carbocycles. The lowest BCUT2D eigenvalue weighted by Gasteiger charge is -2.32. The molecule has 148 valence electrons. The Morgan fingerprint density at radius 3 is 1.59 bits per heavy atom. The van der Waals surface area contributed by atoms with Gasteiger partial charge in [-0.25, -0.2) is 0 Å². The second-order valence-corrected chi connectivity index (χ2v) is 9.60. The monoisotopic (exact) mass is 374 g/mol. The Morgan fingerprint density at radius 2 is 1.19 bits per heavy atom. The van der Waals surface area contributed by atoms with Crippen LogP contribution in [-0.2, 0) is 18.6 Å². The number of rotatable bonds is 3. The van der Waals surface area contributed by atoms with E-state index < -0.39 is 36.6 Å². The predicted molar refractivity (Wildman–Crippen MR) is 109 cm³/mol. The van der Waals surface area contributed by atoms with Crippen molar-refractivity contribution in [1.29, 1.82) is 5.41 Å². The summed E-state index contributed by atoms with van der Waals surface area (Å²) in [4.78, 5) is 0. The van der Waals surface area contributed by atoms with Gasteiger partial charge in [0.15, 0.2) is 0 Å². The fourth-order valence-electron chi connectivity index (χ4n) is 3.39. The molecule has 0 aromatic heterocycles. The lowest BCUT2D eigenvalue weighted by molar-refractivity contribution is 0.00578. The molecule has 1 atom stereocenters. The van der Waals surface area contributed by atoms with E-state index in [4.69, 9.17) is 24.0 Å². The maximum Gasteiger partial charge on any atom is 0.496 e. The summed E-state index contributed by atoms with van der Waals surface area (Å²) in [5.74, 6) is 0. The molecular formula is C19H32B2N2O4. The molecule has 3 aliphatic rings. The molecule has 0 aromatic rings. The molecule has 0 amide bonds. The number of nitrogens with one attached hydrogen (secondary N) is 2. The standard InChI is InChI=1S/C19H32B2N2O4/c1-16(2)17(3,4)25-20(24-16)12-10-11-13(15(23-9)14(12)22)21-26-18(5,6)19(7,8)27-21/h10-11,15,22-23H,1-9H3. The van der Waals surface area contributed by atoms with Gasteiger partial charge in [-0.05, 0) is 67.9 Å². The van der Waals surface area contributed by atoms with Crippen LogP contribution in [0.5, 0.6) is 0 Å². The van der Waals surface area contributed by atoms with E-state index in [0.717, 1.165) is 10.9 Å². The fourth-order valence-corrected chi connectivity index (χ4v) is 3.39. The smallest absolute Gasteiger partial charge is 0.400 e. The predicted octanol–water partition coefficient (Wildman–Crippen LogP) is 2.72. The molecule has 0 spiro atoms. The zero-order valence-corrected chi connectivity index (χ0v) is 18.0. The Hall–Kier alpha value is -0.920. The maximum atomic E-state index is 8.78. The quantitative estimate of drug-likeness (QED) is 0.744. The Morgan fingerprint density at radius 1 is 0.778 bits per heavy atom. The highest BCUT2D eigenvalue weighted by atomic mass is 16.7. The van der Waals surface area contributed by atoms with E-state index in [2.05, 4.69) is 5.32 Å². The molecule has 2 N–H and O–H groups in total. The Labute approximate surface area is 163 Å². The summed E-state index contributed by atoms with van der Waals surface area (Å²) in [6.45, 7) is 16.2. The first kappa shape index (κ1) is 20.8. The summed E-state index contributed by atoms with van der Waals surface area (Å²) >= 11 is 0. The Balaban J connectivity index is 1.90. The minimum atomic E-state index is -0.561. The minimum Gasteiger partial charge on any atom is -0.400 e. The van der Waals surface area contributed by atoms with Gasteiger partial charge in [-0.15, -0.1) is 0 Å². The molecule has 0 radical (unpaired) electrons.